The molecule has 1 aromatic rings. The molecule has 10 heteroatoms. The quantitative estimate of drug-likeness (QED) is 0.365. The fourth-order valence-electron chi connectivity index (χ4n) is 1.26. The number of non-ortho nitro benzene ring substituents is 1. The Bertz CT molecular complexity index is 613. The molecule has 0 radical (unpaired) electrons. The van der Waals surface area contributed by atoms with Crippen molar-refractivity contribution in [3.8, 4) is 0 Å². The van der Waals surface area contributed by atoms with E-state index >= 15 is 0 Å². The second kappa shape index (κ2) is 5.63. The number of rotatable bonds is 5. The molecule has 0 spiro atoms. The largest absolute Gasteiger partial charge is 0.398 e. The summed E-state index contributed by atoms with van der Waals surface area (Å²) in [4.78, 5) is 21.6. The summed E-state index contributed by atoms with van der Waals surface area (Å²) in [6.45, 7) is -0.209. The van der Waals surface area contributed by atoms with Crippen LogP contribution in [-0.4, -0.2) is 31.5 Å². The van der Waals surface area contributed by atoms with Gasteiger partial charge in [0.15, 0.2) is 0 Å². The topological polar surface area (TPSA) is 158 Å². The Labute approximate surface area is 108 Å². The smallest absolute Gasteiger partial charge is 0.270 e. The molecule has 0 saturated heterocycles. The minimum atomic E-state index is -3.69. The van der Waals surface area contributed by atoms with Crippen molar-refractivity contribution in [1.29, 1.82) is 0 Å². The summed E-state index contributed by atoms with van der Waals surface area (Å²) in [6, 6.07) is 3.41. The van der Waals surface area contributed by atoms with E-state index in [1.165, 1.54) is 6.07 Å². The molecule has 5 N–H and O–H groups in total. The number of nitrogens with zero attached hydrogens (tertiary/aromatic N) is 1. The van der Waals surface area contributed by atoms with E-state index in [0.29, 0.717) is 0 Å². The SMILES string of the molecule is Nc1ccc([N+](=O)[O-])cc1C(=O)NCCS(N)(=O)=O. The number of anilines is 1. The molecule has 0 bridgehead atoms. The highest BCUT2D eigenvalue weighted by Crippen LogP contribution is 2.19. The number of nitrogens with one attached hydrogen (secondary N) is 1. The number of amides is 1. The number of benzene rings is 1. The second-order valence-corrected chi connectivity index (χ2v) is 5.39. The van der Waals surface area contributed by atoms with Crippen LogP contribution in [0.5, 0.6) is 0 Å². The van der Waals surface area contributed by atoms with E-state index in [4.69, 9.17) is 10.9 Å². The van der Waals surface area contributed by atoms with Crippen molar-refractivity contribution >= 4 is 27.3 Å². The summed E-state index contributed by atoms with van der Waals surface area (Å²) >= 11 is 0. The molecule has 1 amide bonds. The number of nitrogen functional groups attached to an aromatic ring is 1. The number of primary sulfonamides is 1. The molecule has 0 heterocycles. The Hall–Kier alpha value is -2.20. The fourth-order valence-corrected chi connectivity index (χ4v) is 1.64. The predicted molar refractivity (Wildman–Crippen MR) is 67.8 cm³/mol. The number of carbonyl (C=O) groups excluding carboxylic acids is 1. The highest BCUT2D eigenvalue weighted by Gasteiger charge is 2.15. The van der Waals surface area contributed by atoms with E-state index in [2.05, 4.69) is 5.32 Å². The Kier molecular flexibility index (Phi) is 4.40. The lowest BCUT2D eigenvalue weighted by molar-refractivity contribution is -0.384. The van der Waals surface area contributed by atoms with Gasteiger partial charge in [0.1, 0.15) is 0 Å². The first-order valence-electron chi connectivity index (χ1n) is 5.03. The summed E-state index contributed by atoms with van der Waals surface area (Å²) in [7, 11) is -3.69. The molecule has 0 aliphatic heterocycles. The van der Waals surface area contributed by atoms with Gasteiger partial charge in [-0.2, -0.15) is 0 Å². The molecule has 19 heavy (non-hydrogen) atoms. The van der Waals surface area contributed by atoms with Gasteiger partial charge < -0.3 is 11.1 Å². The molecule has 104 valence electrons. The third-order valence-corrected chi connectivity index (χ3v) is 2.94. The van der Waals surface area contributed by atoms with Gasteiger partial charge in [-0.25, -0.2) is 13.6 Å². The Morgan fingerprint density at radius 2 is 2.05 bits per heavy atom. The summed E-state index contributed by atoms with van der Waals surface area (Å²) in [5.74, 6) is -1.14. The van der Waals surface area contributed by atoms with E-state index in [-0.39, 0.29) is 23.5 Å². The third-order valence-electron chi connectivity index (χ3n) is 2.16. The van der Waals surface area contributed by atoms with Crippen molar-refractivity contribution < 1.29 is 18.1 Å². The molecule has 0 atom stereocenters. The van der Waals surface area contributed by atoms with Crippen LogP contribution in [0.25, 0.3) is 0 Å². The number of nitrogens with two attached hydrogens (primary N) is 2. The van der Waals surface area contributed by atoms with Gasteiger partial charge >= 0.3 is 0 Å². The van der Waals surface area contributed by atoms with Gasteiger partial charge in [0, 0.05) is 24.4 Å². The maximum absolute atomic E-state index is 11.7. The number of sulfonamides is 1. The maximum Gasteiger partial charge on any atom is 0.270 e. The van der Waals surface area contributed by atoms with Crippen LogP contribution < -0.4 is 16.2 Å². The van der Waals surface area contributed by atoms with Gasteiger partial charge in [0.25, 0.3) is 11.6 Å². The molecule has 0 unspecified atom stereocenters. The van der Waals surface area contributed by atoms with E-state index < -0.39 is 26.6 Å². The molecule has 1 aromatic carbocycles. The average Bonchev–Trinajstić information content (AvgIpc) is 2.27. The first-order chi connectivity index (χ1) is 8.70. The second-order valence-electron chi connectivity index (χ2n) is 3.65. The zero-order chi connectivity index (χ0) is 14.6. The Morgan fingerprint density at radius 1 is 1.42 bits per heavy atom. The third kappa shape index (κ3) is 4.52. The van der Waals surface area contributed by atoms with Gasteiger partial charge in [-0.05, 0) is 6.07 Å². The van der Waals surface area contributed by atoms with Crippen LogP contribution in [0.1, 0.15) is 10.4 Å². The van der Waals surface area contributed by atoms with Crippen LogP contribution in [-0.2, 0) is 10.0 Å². The zero-order valence-corrected chi connectivity index (χ0v) is 10.5. The lowest BCUT2D eigenvalue weighted by atomic mass is 10.1. The first kappa shape index (κ1) is 14.9. The van der Waals surface area contributed by atoms with Gasteiger partial charge in [0.05, 0.1) is 16.2 Å². The predicted octanol–water partition coefficient (Wildman–Crippen LogP) is -0.805. The van der Waals surface area contributed by atoms with Crippen LogP contribution >= 0.6 is 0 Å². The molecule has 9 nitrogen and oxygen atoms in total. The van der Waals surface area contributed by atoms with Crippen molar-refractivity contribution in [3.05, 3.63) is 33.9 Å². The van der Waals surface area contributed by atoms with E-state index in [1.54, 1.807) is 0 Å². The highest BCUT2D eigenvalue weighted by atomic mass is 32.2. The van der Waals surface area contributed by atoms with Crippen molar-refractivity contribution in [2.45, 2.75) is 0 Å². The maximum atomic E-state index is 11.7. The van der Waals surface area contributed by atoms with Crippen LogP contribution in [0.4, 0.5) is 11.4 Å². The summed E-state index contributed by atoms with van der Waals surface area (Å²) < 4.78 is 21.3. The van der Waals surface area contributed by atoms with Crippen LogP contribution in [0.3, 0.4) is 0 Å². The van der Waals surface area contributed by atoms with E-state index in [0.717, 1.165) is 12.1 Å². The number of nitro groups is 1. The molecule has 0 aliphatic rings. The van der Waals surface area contributed by atoms with Gasteiger partial charge in [-0.3, -0.25) is 14.9 Å². The highest BCUT2D eigenvalue weighted by molar-refractivity contribution is 7.89. The molecular formula is C9H12N4O5S. The molecule has 1 rings (SSSR count). The summed E-state index contributed by atoms with van der Waals surface area (Å²) in [6.07, 6.45) is 0. The van der Waals surface area contributed by atoms with Crippen molar-refractivity contribution in [1.82, 2.24) is 5.32 Å². The lowest BCUT2D eigenvalue weighted by Crippen LogP contribution is -2.31. The van der Waals surface area contributed by atoms with Crippen molar-refractivity contribution in [3.63, 3.8) is 0 Å². The summed E-state index contributed by atoms with van der Waals surface area (Å²) in [5.41, 5.74) is 5.20. The van der Waals surface area contributed by atoms with Crippen LogP contribution in [0.15, 0.2) is 18.2 Å². The molecule has 0 fully saturated rings. The van der Waals surface area contributed by atoms with Crippen molar-refractivity contribution in [2.75, 3.05) is 18.0 Å². The zero-order valence-electron chi connectivity index (χ0n) is 9.70. The van der Waals surface area contributed by atoms with Crippen molar-refractivity contribution in [2.24, 2.45) is 5.14 Å². The van der Waals surface area contributed by atoms with Gasteiger partial charge in [-0.15, -0.1) is 0 Å². The molecule has 0 aromatic heterocycles. The Morgan fingerprint density at radius 3 is 2.58 bits per heavy atom. The molecular weight excluding hydrogens is 276 g/mol. The number of hydrogen-bond donors (Lipinski definition) is 3. The molecule has 0 aliphatic carbocycles. The minimum Gasteiger partial charge on any atom is -0.398 e. The minimum absolute atomic E-state index is 0.0544. The first-order valence-corrected chi connectivity index (χ1v) is 6.75. The van der Waals surface area contributed by atoms with E-state index in [1.807, 2.05) is 0 Å². The average molecular weight is 288 g/mol. The standard InChI is InChI=1S/C9H12N4O5S/c10-8-2-1-6(13(15)16)5-7(8)9(14)12-3-4-19(11,17)18/h1-2,5H,3-4,10H2,(H,12,14)(H2,11,17,18). The lowest BCUT2D eigenvalue weighted by Gasteiger charge is -2.06. The monoisotopic (exact) mass is 288 g/mol. The number of hydrogen-bond acceptors (Lipinski definition) is 6. The molecule has 0 saturated carbocycles. The summed E-state index contributed by atoms with van der Waals surface area (Å²) in [5, 5.41) is 17.6. The van der Waals surface area contributed by atoms with Crippen LogP contribution in [0.2, 0.25) is 0 Å². The van der Waals surface area contributed by atoms with Crippen LogP contribution in [0, 0.1) is 10.1 Å². The fraction of sp³-hybridized carbons (Fsp3) is 0.222. The van der Waals surface area contributed by atoms with Gasteiger partial charge in [0.2, 0.25) is 10.0 Å². The number of nitro benzene ring substituents is 1. The normalized spacial score (nSPS) is 11.0. The van der Waals surface area contributed by atoms with Gasteiger partial charge in [-0.1, -0.05) is 0 Å². The number of carbonyl (C=O) groups is 1. The Balaban J connectivity index is 2.82. The van der Waals surface area contributed by atoms with E-state index in [9.17, 15) is 23.3 Å².